The monoisotopic (exact) mass is 196 g/mol. The van der Waals surface area contributed by atoms with Gasteiger partial charge in [-0.3, -0.25) is 0 Å². The Hall–Kier alpha value is -1.65. The summed E-state index contributed by atoms with van der Waals surface area (Å²) >= 11 is 0. The lowest BCUT2D eigenvalue weighted by Gasteiger charge is -2.04. The summed E-state index contributed by atoms with van der Waals surface area (Å²) in [5.74, 6) is -0.823. The van der Waals surface area contributed by atoms with Crippen molar-refractivity contribution in [3.05, 3.63) is 27.9 Å². The Labute approximate surface area is 80.8 Å². The number of aromatic carboxylic acids is 1. The Morgan fingerprint density at radius 3 is 2.79 bits per heavy atom. The van der Waals surface area contributed by atoms with Crippen molar-refractivity contribution >= 4 is 5.97 Å². The molecule has 0 aliphatic carbocycles. The van der Waals surface area contributed by atoms with Crippen LogP contribution in [0.25, 0.3) is 0 Å². The molecule has 1 aromatic heterocycles. The summed E-state index contributed by atoms with van der Waals surface area (Å²) in [6, 6.07) is 1.39. The summed E-state index contributed by atoms with van der Waals surface area (Å²) in [5.41, 5.74) is -0.206. The van der Waals surface area contributed by atoms with Crippen molar-refractivity contribution in [2.45, 2.75) is 20.3 Å². The van der Waals surface area contributed by atoms with Crippen LogP contribution >= 0.6 is 0 Å². The Morgan fingerprint density at radius 2 is 2.29 bits per heavy atom. The van der Waals surface area contributed by atoms with Crippen molar-refractivity contribution in [1.82, 2.24) is 9.97 Å². The molecule has 0 aromatic carbocycles. The maximum absolute atomic E-state index is 11.0. The molecular weight excluding hydrogens is 184 g/mol. The van der Waals surface area contributed by atoms with Gasteiger partial charge in [0.25, 0.3) is 0 Å². The van der Waals surface area contributed by atoms with Gasteiger partial charge in [-0.05, 0) is 18.4 Å². The molecule has 76 valence electrons. The van der Waals surface area contributed by atoms with E-state index in [2.05, 4.69) is 9.97 Å². The second kappa shape index (κ2) is 4.04. The number of nitrogens with one attached hydrogen (secondary N) is 1. The van der Waals surface area contributed by atoms with Gasteiger partial charge in [-0.1, -0.05) is 13.8 Å². The zero-order valence-corrected chi connectivity index (χ0v) is 8.07. The van der Waals surface area contributed by atoms with Crippen molar-refractivity contribution in [2.75, 3.05) is 0 Å². The Bertz CT molecular complexity index is 395. The molecule has 0 spiro atoms. The quantitative estimate of drug-likeness (QED) is 0.744. The van der Waals surface area contributed by atoms with Crippen LogP contribution < -0.4 is 5.69 Å². The molecule has 0 saturated carbocycles. The number of carbonyl (C=O) groups is 1. The number of H-pyrrole nitrogens is 1. The highest BCUT2D eigenvalue weighted by atomic mass is 16.4. The van der Waals surface area contributed by atoms with E-state index in [1.807, 2.05) is 13.8 Å². The molecule has 0 fully saturated rings. The summed E-state index contributed by atoms with van der Waals surface area (Å²) in [4.78, 5) is 27.4. The van der Waals surface area contributed by atoms with E-state index in [1.165, 1.54) is 6.07 Å². The zero-order chi connectivity index (χ0) is 10.7. The molecule has 14 heavy (non-hydrogen) atoms. The number of hydrogen-bond donors (Lipinski definition) is 2. The van der Waals surface area contributed by atoms with Crippen LogP contribution in [0.1, 0.15) is 30.0 Å². The lowest BCUT2D eigenvalue weighted by molar-refractivity contribution is 0.0689. The molecule has 0 bridgehead atoms. The number of carboxylic acid groups (broad SMARTS) is 1. The molecule has 2 N–H and O–H groups in total. The largest absolute Gasteiger partial charge is 0.477 e. The number of rotatable bonds is 3. The minimum Gasteiger partial charge on any atom is -0.477 e. The molecule has 5 heteroatoms. The van der Waals surface area contributed by atoms with Crippen LogP contribution in [0.2, 0.25) is 0 Å². The van der Waals surface area contributed by atoms with Crippen LogP contribution in [-0.2, 0) is 6.42 Å². The molecule has 0 atom stereocenters. The van der Waals surface area contributed by atoms with Gasteiger partial charge in [0, 0.05) is 5.69 Å². The van der Waals surface area contributed by atoms with Gasteiger partial charge in [0.1, 0.15) is 0 Å². The third kappa shape index (κ3) is 2.69. The fraction of sp³-hybridized carbons (Fsp3) is 0.444. The van der Waals surface area contributed by atoms with E-state index in [0.29, 0.717) is 18.0 Å². The van der Waals surface area contributed by atoms with Gasteiger partial charge >= 0.3 is 11.7 Å². The smallest absolute Gasteiger partial charge is 0.354 e. The molecule has 0 unspecified atom stereocenters. The predicted octanol–water partition coefficient (Wildman–Crippen LogP) is 0.667. The molecule has 0 radical (unpaired) electrons. The van der Waals surface area contributed by atoms with E-state index in [0.717, 1.165) is 0 Å². The highest BCUT2D eigenvalue weighted by molar-refractivity contribution is 5.85. The molecule has 0 saturated heterocycles. The van der Waals surface area contributed by atoms with Gasteiger partial charge in [0.15, 0.2) is 5.69 Å². The highest BCUT2D eigenvalue weighted by Gasteiger charge is 2.08. The lowest BCUT2D eigenvalue weighted by atomic mass is 10.1. The van der Waals surface area contributed by atoms with E-state index in [9.17, 15) is 9.59 Å². The van der Waals surface area contributed by atoms with Crippen molar-refractivity contribution in [2.24, 2.45) is 5.92 Å². The predicted molar refractivity (Wildman–Crippen MR) is 50.4 cm³/mol. The fourth-order valence-electron chi connectivity index (χ4n) is 1.17. The second-order valence-corrected chi connectivity index (χ2v) is 3.50. The van der Waals surface area contributed by atoms with Gasteiger partial charge in [0.2, 0.25) is 0 Å². The third-order valence-electron chi connectivity index (χ3n) is 1.65. The summed E-state index contributed by atoms with van der Waals surface area (Å²) in [7, 11) is 0. The van der Waals surface area contributed by atoms with E-state index < -0.39 is 11.7 Å². The number of carboxylic acids is 1. The first-order valence-corrected chi connectivity index (χ1v) is 4.32. The first kappa shape index (κ1) is 10.4. The van der Waals surface area contributed by atoms with Crippen LogP contribution in [0.4, 0.5) is 0 Å². The minimum atomic E-state index is -1.18. The SMILES string of the molecule is CC(C)Cc1cc(C(=O)O)nc(=O)[nH]1. The molecule has 1 aromatic rings. The Balaban J connectivity index is 3.07. The van der Waals surface area contributed by atoms with Gasteiger partial charge in [-0.15, -0.1) is 0 Å². The number of aromatic amines is 1. The number of aromatic nitrogens is 2. The van der Waals surface area contributed by atoms with E-state index in [4.69, 9.17) is 5.11 Å². The molecule has 1 heterocycles. The fourth-order valence-corrected chi connectivity index (χ4v) is 1.17. The average molecular weight is 196 g/mol. The lowest BCUT2D eigenvalue weighted by Crippen LogP contribution is -2.18. The summed E-state index contributed by atoms with van der Waals surface area (Å²) < 4.78 is 0. The maximum atomic E-state index is 11.0. The average Bonchev–Trinajstić information content (AvgIpc) is 2.01. The first-order valence-electron chi connectivity index (χ1n) is 4.32. The van der Waals surface area contributed by atoms with E-state index >= 15 is 0 Å². The third-order valence-corrected chi connectivity index (χ3v) is 1.65. The van der Waals surface area contributed by atoms with Crippen molar-refractivity contribution in [3.63, 3.8) is 0 Å². The molecule has 0 aliphatic rings. The van der Waals surface area contributed by atoms with Gasteiger partial charge < -0.3 is 10.1 Å². The molecule has 5 nitrogen and oxygen atoms in total. The molecular formula is C9H12N2O3. The standard InChI is InChI=1S/C9H12N2O3/c1-5(2)3-6-4-7(8(12)13)11-9(14)10-6/h4-5H,3H2,1-2H3,(H,12,13)(H,10,11,14). The normalized spacial score (nSPS) is 10.5. The van der Waals surface area contributed by atoms with Gasteiger partial charge in [0.05, 0.1) is 0 Å². The van der Waals surface area contributed by atoms with E-state index in [-0.39, 0.29) is 5.69 Å². The van der Waals surface area contributed by atoms with Crippen LogP contribution in [-0.4, -0.2) is 21.0 Å². The summed E-state index contributed by atoms with van der Waals surface area (Å²) in [6.07, 6.45) is 0.637. The maximum Gasteiger partial charge on any atom is 0.354 e. The van der Waals surface area contributed by atoms with Crippen molar-refractivity contribution in [3.8, 4) is 0 Å². The van der Waals surface area contributed by atoms with Crippen molar-refractivity contribution in [1.29, 1.82) is 0 Å². The molecule has 0 amide bonds. The highest BCUT2D eigenvalue weighted by Crippen LogP contribution is 2.04. The zero-order valence-electron chi connectivity index (χ0n) is 8.07. The number of nitrogens with zero attached hydrogens (tertiary/aromatic N) is 1. The van der Waals surface area contributed by atoms with Crippen LogP contribution in [0.15, 0.2) is 10.9 Å². The number of hydrogen-bond acceptors (Lipinski definition) is 3. The molecule has 0 aliphatic heterocycles. The van der Waals surface area contributed by atoms with Crippen LogP contribution in [0, 0.1) is 5.92 Å². The Kier molecular flexibility index (Phi) is 3.01. The second-order valence-electron chi connectivity index (χ2n) is 3.50. The van der Waals surface area contributed by atoms with Gasteiger partial charge in [-0.2, -0.15) is 4.98 Å². The van der Waals surface area contributed by atoms with Crippen LogP contribution in [0.5, 0.6) is 0 Å². The Morgan fingerprint density at radius 1 is 1.64 bits per heavy atom. The summed E-state index contributed by atoms with van der Waals surface area (Å²) in [5, 5.41) is 8.65. The topological polar surface area (TPSA) is 83.0 Å². The first-order chi connectivity index (χ1) is 6.49. The summed E-state index contributed by atoms with van der Waals surface area (Å²) in [6.45, 7) is 3.97. The van der Waals surface area contributed by atoms with Gasteiger partial charge in [-0.25, -0.2) is 9.59 Å². The van der Waals surface area contributed by atoms with Crippen molar-refractivity contribution < 1.29 is 9.90 Å². The minimum absolute atomic E-state index is 0.204. The van der Waals surface area contributed by atoms with E-state index in [1.54, 1.807) is 0 Å². The van der Waals surface area contributed by atoms with Crippen LogP contribution in [0.3, 0.4) is 0 Å². The molecule has 1 rings (SSSR count).